The van der Waals surface area contributed by atoms with Crippen molar-refractivity contribution >= 4 is 26.5 Å². The molecular weight excluding hydrogens is 260 g/mol. The summed E-state index contributed by atoms with van der Waals surface area (Å²) in [6.07, 6.45) is 1.64. The lowest BCUT2D eigenvalue weighted by molar-refractivity contribution is 0.588. The summed E-state index contributed by atoms with van der Waals surface area (Å²) in [4.78, 5) is 0.226. The lowest BCUT2D eigenvalue weighted by Crippen LogP contribution is -2.18. The van der Waals surface area contributed by atoms with E-state index < -0.39 is 20.8 Å². The minimum atomic E-state index is -3.38. The van der Waals surface area contributed by atoms with Crippen molar-refractivity contribution in [3.8, 4) is 0 Å². The molecule has 0 radical (unpaired) electrons. The Hall–Kier alpha value is -0.920. The minimum Gasteiger partial charge on any atom is -0.384 e. The van der Waals surface area contributed by atoms with E-state index in [2.05, 4.69) is 10.0 Å². The minimum absolute atomic E-state index is 0.226. The van der Waals surface area contributed by atoms with E-state index in [1.54, 1.807) is 18.4 Å². The summed E-state index contributed by atoms with van der Waals surface area (Å²) >= 11 is 0. The third-order valence-electron chi connectivity index (χ3n) is 2.15. The smallest absolute Gasteiger partial charge is 0.240 e. The van der Waals surface area contributed by atoms with Gasteiger partial charge in [0, 0.05) is 35.0 Å². The van der Waals surface area contributed by atoms with E-state index in [1.807, 2.05) is 0 Å². The quantitative estimate of drug-likeness (QED) is 0.788. The number of hydrogen-bond donors (Lipinski definition) is 2. The molecule has 1 atom stereocenters. The van der Waals surface area contributed by atoms with Gasteiger partial charge in [-0.3, -0.25) is 4.21 Å². The predicted molar refractivity (Wildman–Crippen MR) is 70.1 cm³/mol. The Morgan fingerprint density at radius 2 is 1.82 bits per heavy atom. The van der Waals surface area contributed by atoms with Crippen LogP contribution >= 0.6 is 0 Å². The van der Waals surface area contributed by atoms with Crippen LogP contribution in [0.5, 0.6) is 0 Å². The Morgan fingerprint density at radius 1 is 1.24 bits per heavy atom. The highest BCUT2D eigenvalue weighted by Crippen LogP contribution is 2.13. The fraction of sp³-hybridized carbons (Fsp3) is 0.400. The number of nitrogens with one attached hydrogen (secondary N) is 2. The first kappa shape index (κ1) is 14.1. The van der Waals surface area contributed by atoms with E-state index in [-0.39, 0.29) is 4.90 Å². The van der Waals surface area contributed by atoms with Crippen LogP contribution < -0.4 is 10.0 Å². The molecular formula is C10H16N2O3S2. The zero-order chi connectivity index (χ0) is 12.9. The average Bonchev–Trinajstić information content (AvgIpc) is 2.29. The molecule has 0 aliphatic heterocycles. The molecule has 0 bridgehead atoms. The van der Waals surface area contributed by atoms with E-state index in [0.717, 1.165) is 5.69 Å². The van der Waals surface area contributed by atoms with Crippen molar-refractivity contribution in [1.82, 2.24) is 4.72 Å². The van der Waals surface area contributed by atoms with Gasteiger partial charge in [0.05, 0.1) is 4.90 Å². The van der Waals surface area contributed by atoms with Crippen LogP contribution in [-0.4, -0.2) is 38.2 Å². The van der Waals surface area contributed by atoms with Crippen molar-refractivity contribution in [3.05, 3.63) is 24.3 Å². The van der Waals surface area contributed by atoms with Crippen LogP contribution in [0, 0.1) is 0 Å². The number of rotatable bonds is 6. The second kappa shape index (κ2) is 6.13. The highest BCUT2D eigenvalue weighted by atomic mass is 32.2. The zero-order valence-electron chi connectivity index (χ0n) is 9.76. The van der Waals surface area contributed by atoms with Crippen molar-refractivity contribution in [2.45, 2.75) is 4.90 Å². The highest BCUT2D eigenvalue weighted by molar-refractivity contribution is 7.89. The number of sulfonamides is 1. The molecule has 96 valence electrons. The Morgan fingerprint density at radius 3 is 2.29 bits per heavy atom. The Bertz CT molecular complexity index is 483. The summed E-state index contributed by atoms with van der Waals surface area (Å²) in [7, 11) is -2.83. The third-order valence-corrected chi connectivity index (χ3v) is 4.36. The van der Waals surface area contributed by atoms with Crippen LogP contribution in [0.2, 0.25) is 0 Å². The second-order valence-electron chi connectivity index (χ2n) is 3.44. The van der Waals surface area contributed by atoms with Gasteiger partial charge in [-0.05, 0) is 31.3 Å². The van der Waals surface area contributed by atoms with Gasteiger partial charge in [0.1, 0.15) is 0 Å². The number of hydrogen-bond acceptors (Lipinski definition) is 4. The SMILES string of the molecule is CNS(=O)(=O)c1ccc(NCCS(C)=O)cc1. The van der Waals surface area contributed by atoms with Crippen molar-refractivity contribution in [1.29, 1.82) is 0 Å². The lowest BCUT2D eigenvalue weighted by Gasteiger charge is -2.06. The van der Waals surface area contributed by atoms with Gasteiger partial charge in [-0.2, -0.15) is 0 Å². The second-order valence-corrected chi connectivity index (χ2v) is 6.88. The molecule has 2 N–H and O–H groups in total. The van der Waals surface area contributed by atoms with Crippen LogP contribution in [0.25, 0.3) is 0 Å². The summed E-state index contributed by atoms with van der Waals surface area (Å²) in [5.41, 5.74) is 0.811. The van der Waals surface area contributed by atoms with E-state index in [0.29, 0.717) is 12.3 Å². The fourth-order valence-electron chi connectivity index (χ4n) is 1.21. The monoisotopic (exact) mass is 276 g/mol. The molecule has 1 rings (SSSR count). The van der Waals surface area contributed by atoms with Crippen LogP contribution in [-0.2, 0) is 20.8 Å². The van der Waals surface area contributed by atoms with Gasteiger partial charge in [0.25, 0.3) is 0 Å². The number of benzene rings is 1. The van der Waals surface area contributed by atoms with Gasteiger partial charge in [0.15, 0.2) is 0 Å². The molecule has 0 heterocycles. The van der Waals surface area contributed by atoms with E-state index in [1.165, 1.54) is 19.2 Å². The molecule has 0 aliphatic carbocycles. The molecule has 0 aliphatic rings. The first-order chi connectivity index (χ1) is 7.95. The molecule has 0 saturated heterocycles. The zero-order valence-corrected chi connectivity index (χ0v) is 11.4. The maximum atomic E-state index is 11.4. The van der Waals surface area contributed by atoms with E-state index in [9.17, 15) is 12.6 Å². The summed E-state index contributed by atoms with van der Waals surface area (Å²) in [6, 6.07) is 6.42. The Balaban J connectivity index is 2.66. The third kappa shape index (κ3) is 4.45. The van der Waals surface area contributed by atoms with Crippen LogP contribution in [0.3, 0.4) is 0 Å². The first-order valence-corrected chi connectivity index (χ1v) is 8.24. The van der Waals surface area contributed by atoms with Crippen molar-refractivity contribution in [2.75, 3.05) is 30.9 Å². The van der Waals surface area contributed by atoms with Gasteiger partial charge in [0.2, 0.25) is 10.0 Å². The molecule has 0 spiro atoms. The normalized spacial score (nSPS) is 13.3. The molecule has 0 amide bonds. The topological polar surface area (TPSA) is 75.3 Å². The molecule has 7 heteroatoms. The van der Waals surface area contributed by atoms with Crippen molar-refractivity contribution < 1.29 is 12.6 Å². The fourth-order valence-corrected chi connectivity index (χ4v) is 2.33. The first-order valence-electron chi connectivity index (χ1n) is 5.03. The Labute approximate surface area is 104 Å². The molecule has 1 unspecified atom stereocenters. The van der Waals surface area contributed by atoms with Gasteiger partial charge in [-0.25, -0.2) is 13.1 Å². The molecule has 1 aromatic carbocycles. The van der Waals surface area contributed by atoms with Gasteiger partial charge in [-0.15, -0.1) is 0 Å². The molecule has 5 nitrogen and oxygen atoms in total. The van der Waals surface area contributed by atoms with Crippen LogP contribution in [0.15, 0.2) is 29.2 Å². The van der Waals surface area contributed by atoms with Gasteiger partial charge >= 0.3 is 0 Å². The van der Waals surface area contributed by atoms with Gasteiger partial charge < -0.3 is 5.32 Å². The number of anilines is 1. The molecule has 0 saturated carbocycles. The standard InChI is InChI=1S/C10H16N2O3S2/c1-11-17(14,15)10-5-3-9(4-6-10)12-7-8-16(2)13/h3-6,11-12H,7-8H2,1-2H3. The van der Waals surface area contributed by atoms with Crippen molar-refractivity contribution in [2.24, 2.45) is 0 Å². The van der Waals surface area contributed by atoms with E-state index >= 15 is 0 Å². The van der Waals surface area contributed by atoms with Crippen molar-refractivity contribution in [3.63, 3.8) is 0 Å². The maximum Gasteiger partial charge on any atom is 0.240 e. The predicted octanol–water partition coefficient (Wildman–Crippen LogP) is 0.385. The summed E-state index contributed by atoms with van der Waals surface area (Å²) < 4.78 is 36.0. The summed E-state index contributed by atoms with van der Waals surface area (Å²) in [5.74, 6) is 0.566. The highest BCUT2D eigenvalue weighted by Gasteiger charge is 2.09. The Kier molecular flexibility index (Phi) is 5.10. The van der Waals surface area contributed by atoms with Crippen LogP contribution in [0.4, 0.5) is 5.69 Å². The summed E-state index contributed by atoms with van der Waals surface area (Å²) in [6.45, 7) is 0.598. The largest absolute Gasteiger partial charge is 0.384 e. The molecule has 0 aromatic heterocycles. The average molecular weight is 276 g/mol. The maximum absolute atomic E-state index is 11.4. The molecule has 0 fully saturated rings. The molecule has 17 heavy (non-hydrogen) atoms. The molecule has 1 aromatic rings. The van der Waals surface area contributed by atoms with Crippen LogP contribution in [0.1, 0.15) is 0 Å². The van der Waals surface area contributed by atoms with E-state index in [4.69, 9.17) is 0 Å². The van der Waals surface area contributed by atoms with Gasteiger partial charge in [-0.1, -0.05) is 0 Å². The summed E-state index contributed by atoms with van der Waals surface area (Å²) in [5, 5.41) is 3.06. The lowest BCUT2D eigenvalue weighted by atomic mass is 10.3.